The monoisotopic (exact) mass is 256 g/mol. The van der Waals surface area contributed by atoms with Gasteiger partial charge in [0.15, 0.2) is 0 Å². The third kappa shape index (κ3) is 5.47. The zero-order chi connectivity index (χ0) is 7.98. The summed E-state index contributed by atoms with van der Waals surface area (Å²) >= 11 is 2.45. The molecule has 0 aliphatic heterocycles. The molecule has 0 bridgehead atoms. The van der Waals surface area contributed by atoms with E-state index in [-0.39, 0.29) is 0 Å². The zero-order valence-corrected chi connectivity index (χ0v) is 9.22. The van der Waals surface area contributed by atoms with Gasteiger partial charge in [-0.3, -0.25) is 0 Å². The van der Waals surface area contributed by atoms with Gasteiger partial charge in [-0.2, -0.15) is 0 Å². The van der Waals surface area contributed by atoms with Crippen LogP contribution in [0.4, 0.5) is 0 Å². The minimum absolute atomic E-state index is 0.484. The highest BCUT2D eigenvalue weighted by Gasteiger charge is 2.04. The summed E-state index contributed by atoms with van der Waals surface area (Å²) in [5.74, 6) is 0. The summed E-state index contributed by atoms with van der Waals surface area (Å²) in [6.07, 6.45) is 4.10. The highest BCUT2D eigenvalue weighted by atomic mass is 127. The molecule has 0 heterocycles. The zero-order valence-electron chi connectivity index (χ0n) is 7.06. The lowest BCUT2D eigenvalue weighted by molar-refractivity contribution is 0.0908. The van der Waals surface area contributed by atoms with Crippen LogP contribution in [0.5, 0.6) is 0 Å². The van der Waals surface area contributed by atoms with Crippen LogP contribution in [0.25, 0.3) is 0 Å². The number of ether oxygens (including phenoxy) is 1. The predicted octanol–water partition coefficient (Wildman–Crippen LogP) is 3.02. The summed E-state index contributed by atoms with van der Waals surface area (Å²) in [7, 11) is 1.80. The third-order valence-electron chi connectivity index (χ3n) is 1.68. The molecule has 0 aromatic heterocycles. The van der Waals surface area contributed by atoms with Crippen molar-refractivity contribution in [2.75, 3.05) is 7.11 Å². The Labute approximate surface area is 77.7 Å². The summed E-state index contributed by atoms with van der Waals surface area (Å²) in [6.45, 7) is 4.41. The van der Waals surface area contributed by atoms with Gasteiger partial charge in [0.05, 0.1) is 6.10 Å². The predicted molar refractivity (Wildman–Crippen MR) is 53.8 cm³/mol. The number of hydrogen-bond acceptors (Lipinski definition) is 1. The molecule has 0 rings (SSSR count). The maximum absolute atomic E-state index is 5.25. The van der Waals surface area contributed by atoms with E-state index in [0.29, 0.717) is 6.10 Å². The number of alkyl halides is 1. The first kappa shape index (κ1) is 10.7. The van der Waals surface area contributed by atoms with Crippen LogP contribution in [-0.4, -0.2) is 17.1 Å². The molecule has 0 N–H and O–H groups in total. The van der Waals surface area contributed by atoms with Crippen molar-refractivity contribution < 1.29 is 4.74 Å². The fourth-order valence-corrected chi connectivity index (χ4v) is 1.26. The molecule has 0 aliphatic carbocycles. The Balaban J connectivity index is 3.26. The fourth-order valence-electron chi connectivity index (χ4n) is 0.904. The fraction of sp³-hybridized carbons (Fsp3) is 1.00. The molecule has 0 aromatic carbocycles. The lowest BCUT2D eigenvalue weighted by Gasteiger charge is -2.12. The summed E-state index contributed by atoms with van der Waals surface area (Å²) in [6, 6.07) is 0. The van der Waals surface area contributed by atoms with E-state index in [1.165, 1.54) is 12.8 Å². The van der Waals surface area contributed by atoms with E-state index in [0.717, 1.165) is 10.3 Å². The highest BCUT2D eigenvalue weighted by Crippen LogP contribution is 2.12. The van der Waals surface area contributed by atoms with Crippen LogP contribution in [0.15, 0.2) is 0 Å². The van der Waals surface area contributed by atoms with Crippen LogP contribution in [0.3, 0.4) is 0 Å². The van der Waals surface area contributed by atoms with Crippen LogP contribution in [0.2, 0.25) is 0 Å². The highest BCUT2D eigenvalue weighted by molar-refractivity contribution is 14.1. The molecule has 0 spiro atoms. The normalized spacial score (nSPS) is 16.8. The van der Waals surface area contributed by atoms with E-state index < -0.39 is 0 Å². The molecule has 0 radical (unpaired) electrons. The summed E-state index contributed by atoms with van der Waals surface area (Å²) in [5, 5.41) is 0. The Morgan fingerprint density at radius 2 is 2.00 bits per heavy atom. The van der Waals surface area contributed by atoms with Crippen LogP contribution in [-0.2, 0) is 4.74 Å². The Morgan fingerprint density at radius 1 is 1.40 bits per heavy atom. The second-order valence-corrected chi connectivity index (χ2v) is 4.75. The number of halogens is 1. The van der Waals surface area contributed by atoms with E-state index in [1.54, 1.807) is 7.11 Å². The van der Waals surface area contributed by atoms with Crippen molar-refractivity contribution in [3.8, 4) is 0 Å². The Bertz CT molecular complexity index is 69.7. The summed E-state index contributed by atoms with van der Waals surface area (Å²) < 4.78 is 6.03. The third-order valence-corrected chi connectivity index (χ3v) is 2.30. The lowest BCUT2D eigenvalue weighted by atomic mass is 10.1. The molecular formula is C8H17IO. The molecule has 2 heteroatoms. The molecule has 2 unspecified atom stereocenters. The van der Waals surface area contributed by atoms with Crippen molar-refractivity contribution in [2.45, 2.75) is 43.1 Å². The van der Waals surface area contributed by atoms with Gasteiger partial charge < -0.3 is 4.74 Å². The van der Waals surface area contributed by atoms with Gasteiger partial charge >= 0.3 is 0 Å². The SMILES string of the molecule is CCC(CCC(C)I)OC. The second-order valence-electron chi connectivity index (χ2n) is 2.62. The second kappa shape index (κ2) is 6.40. The van der Waals surface area contributed by atoms with Gasteiger partial charge in [0.2, 0.25) is 0 Å². The summed E-state index contributed by atoms with van der Waals surface area (Å²) in [4.78, 5) is 0. The van der Waals surface area contributed by atoms with Crippen LogP contribution in [0.1, 0.15) is 33.1 Å². The summed E-state index contributed by atoms with van der Waals surface area (Å²) in [5.41, 5.74) is 0. The Hall–Kier alpha value is 0.690. The van der Waals surface area contributed by atoms with Crippen LogP contribution < -0.4 is 0 Å². The number of rotatable bonds is 5. The van der Waals surface area contributed by atoms with E-state index in [1.807, 2.05) is 0 Å². The van der Waals surface area contributed by atoms with Crippen molar-refractivity contribution in [3.05, 3.63) is 0 Å². The van der Waals surface area contributed by atoms with Gasteiger partial charge in [-0.25, -0.2) is 0 Å². The van der Waals surface area contributed by atoms with E-state index in [2.05, 4.69) is 36.4 Å². The Morgan fingerprint density at radius 3 is 2.30 bits per heavy atom. The van der Waals surface area contributed by atoms with Crippen molar-refractivity contribution in [3.63, 3.8) is 0 Å². The molecule has 62 valence electrons. The van der Waals surface area contributed by atoms with Crippen LogP contribution in [0, 0.1) is 0 Å². The molecule has 2 atom stereocenters. The molecule has 10 heavy (non-hydrogen) atoms. The molecule has 0 aliphatic rings. The molecule has 0 aromatic rings. The van der Waals surface area contributed by atoms with Gasteiger partial charge in [0.1, 0.15) is 0 Å². The standard InChI is InChI=1S/C8H17IO/c1-4-8(10-3)6-5-7(2)9/h7-8H,4-6H2,1-3H3. The van der Waals surface area contributed by atoms with E-state index in [9.17, 15) is 0 Å². The minimum atomic E-state index is 0.484. The van der Waals surface area contributed by atoms with Gasteiger partial charge in [-0.15, -0.1) is 0 Å². The smallest absolute Gasteiger partial charge is 0.0569 e. The minimum Gasteiger partial charge on any atom is -0.381 e. The first-order chi connectivity index (χ1) is 4.70. The van der Waals surface area contributed by atoms with E-state index >= 15 is 0 Å². The molecule has 0 saturated carbocycles. The maximum Gasteiger partial charge on any atom is 0.0569 e. The van der Waals surface area contributed by atoms with Gasteiger partial charge in [-0.05, 0) is 19.3 Å². The average Bonchev–Trinajstić information content (AvgIpc) is 1.90. The average molecular weight is 256 g/mol. The topological polar surface area (TPSA) is 9.23 Å². The lowest BCUT2D eigenvalue weighted by Crippen LogP contribution is -2.10. The molecule has 1 nitrogen and oxygen atoms in total. The van der Waals surface area contributed by atoms with Gasteiger partial charge in [0, 0.05) is 11.0 Å². The number of methoxy groups -OCH3 is 1. The molecule has 0 saturated heterocycles. The van der Waals surface area contributed by atoms with Crippen molar-refractivity contribution >= 4 is 22.6 Å². The molecule has 0 fully saturated rings. The van der Waals surface area contributed by atoms with Crippen LogP contribution >= 0.6 is 22.6 Å². The Kier molecular flexibility index (Phi) is 6.85. The van der Waals surface area contributed by atoms with Crippen molar-refractivity contribution in [1.29, 1.82) is 0 Å². The first-order valence-electron chi connectivity index (χ1n) is 3.87. The quantitative estimate of drug-likeness (QED) is 0.542. The number of hydrogen-bond donors (Lipinski definition) is 0. The van der Waals surface area contributed by atoms with E-state index in [4.69, 9.17) is 4.74 Å². The van der Waals surface area contributed by atoms with Gasteiger partial charge in [-0.1, -0.05) is 36.4 Å². The largest absolute Gasteiger partial charge is 0.381 e. The molecular weight excluding hydrogens is 239 g/mol. The van der Waals surface area contributed by atoms with Gasteiger partial charge in [0.25, 0.3) is 0 Å². The molecule has 0 amide bonds. The first-order valence-corrected chi connectivity index (χ1v) is 5.12. The maximum atomic E-state index is 5.25. The van der Waals surface area contributed by atoms with Crippen molar-refractivity contribution in [2.24, 2.45) is 0 Å². The van der Waals surface area contributed by atoms with Crippen molar-refractivity contribution in [1.82, 2.24) is 0 Å².